The molecule has 0 aliphatic rings. The van der Waals surface area contributed by atoms with Gasteiger partial charge in [-0.1, -0.05) is 18.2 Å². The van der Waals surface area contributed by atoms with Gasteiger partial charge in [0.25, 0.3) is 0 Å². The molecule has 1 unspecified atom stereocenters. The number of likely N-dealkylation sites (N-methyl/N-ethyl adjacent to an activating group) is 1. The van der Waals surface area contributed by atoms with Gasteiger partial charge in [-0.2, -0.15) is 0 Å². The molecule has 0 saturated heterocycles. The van der Waals surface area contributed by atoms with Crippen LogP contribution in [0.1, 0.15) is 31.9 Å². The van der Waals surface area contributed by atoms with Gasteiger partial charge in [0.2, 0.25) is 0 Å². The van der Waals surface area contributed by atoms with E-state index in [1.54, 1.807) is 37.1 Å². The Bertz CT molecular complexity index is 476. The molecule has 20 heavy (non-hydrogen) atoms. The molecular weight excluding hydrogens is 261 g/mol. The van der Waals surface area contributed by atoms with Crippen LogP contribution in [0.3, 0.4) is 0 Å². The van der Waals surface area contributed by atoms with E-state index < -0.39 is 5.97 Å². The van der Waals surface area contributed by atoms with Crippen molar-refractivity contribution in [3.63, 3.8) is 0 Å². The van der Waals surface area contributed by atoms with Gasteiger partial charge in [-0.15, -0.1) is 0 Å². The van der Waals surface area contributed by atoms with Gasteiger partial charge in [-0.25, -0.2) is 4.39 Å². The molecule has 1 aromatic carbocycles. The van der Waals surface area contributed by atoms with Gasteiger partial charge >= 0.3 is 5.97 Å². The first-order valence-electron chi connectivity index (χ1n) is 6.57. The van der Waals surface area contributed by atoms with E-state index in [0.29, 0.717) is 5.56 Å². The maximum absolute atomic E-state index is 13.7. The number of carbonyl (C=O) groups excluding carboxylic acids is 2. The smallest absolute Gasteiger partial charge is 0.313 e. The monoisotopic (exact) mass is 281 g/mol. The van der Waals surface area contributed by atoms with Crippen molar-refractivity contribution in [2.75, 3.05) is 20.2 Å². The molecule has 0 heterocycles. The number of carbonyl (C=O) groups is 2. The topological polar surface area (TPSA) is 46.6 Å². The van der Waals surface area contributed by atoms with E-state index in [2.05, 4.69) is 0 Å². The second-order valence-corrected chi connectivity index (χ2v) is 4.63. The van der Waals surface area contributed by atoms with Crippen molar-refractivity contribution in [3.05, 3.63) is 35.6 Å². The molecule has 0 bridgehead atoms. The normalized spacial score (nSPS) is 12.2. The van der Waals surface area contributed by atoms with Gasteiger partial charge < -0.3 is 4.74 Å². The van der Waals surface area contributed by atoms with Crippen LogP contribution in [0.15, 0.2) is 24.3 Å². The standard InChI is InChI=1S/C15H20FNO3/c1-4-20-15(19)9-12(18)10-17(3)11(2)13-7-5-6-8-14(13)16/h5-8,11H,4,9-10H2,1-3H3. The Morgan fingerprint density at radius 3 is 2.60 bits per heavy atom. The van der Waals surface area contributed by atoms with Crippen LogP contribution in [0.5, 0.6) is 0 Å². The van der Waals surface area contributed by atoms with E-state index in [4.69, 9.17) is 4.74 Å². The molecule has 1 aromatic rings. The lowest BCUT2D eigenvalue weighted by Gasteiger charge is -2.24. The van der Waals surface area contributed by atoms with Crippen LogP contribution in [-0.4, -0.2) is 36.9 Å². The van der Waals surface area contributed by atoms with Crippen LogP contribution in [0.4, 0.5) is 4.39 Å². The summed E-state index contributed by atoms with van der Waals surface area (Å²) in [5.74, 6) is -1.07. The second kappa shape index (κ2) is 7.75. The van der Waals surface area contributed by atoms with Crippen LogP contribution in [0.2, 0.25) is 0 Å². The number of halogens is 1. The van der Waals surface area contributed by atoms with E-state index in [9.17, 15) is 14.0 Å². The fourth-order valence-electron chi connectivity index (χ4n) is 1.90. The second-order valence-electron chi connectivity index (χ2n) is 4.63. The highest BCUT2D eigenvalue weighted by atomic mass is 19.1. The lowest BCUT2D eigenvalue weighted by Crippen LogP contribution is -2.30. The van der Waals surface area contributed by atoms with Crippen molar-refractivity contribution in [1.82, 2.24) is 4.90 Å². The SMILES string of the molecule is CCOC(=O)CC(=O)CN(C)C(C)c1ccccc1F. The highest BCUT2D eigenvalue weighted by Crippen LogP contribution is 2.21. The van der Waals surface area contributed by atoms with Crippen molar-refractivity contribution >= 4 is 11.8 Å². The number of benzene rings is 1. The van der Waals surface area contributed by atoms with Crippen molar-refractivity contribution in [2.45, 2.75) is 26.3 Å². The molecule has 0 aliphatic heterocycles. The first kappa shape index (κ1) is 16.3. The zero-order chi connectivity index (χ0) is 15.1. The minimum absolute atomic E-state index is 0.0777. The summed E-state index contributed by atoms with van der Waals surface area (Å²) in [6.45, 7) is 3.84. The molecule has 0 radical (unpaired) electrons. The summed E-state index contributed by atoms with van der Waals surface area (Å²) in [4.78, 5) is 24.6. The number of nitrogens with zero attached hydrogens (tertiary/aromatic N) is 1. The number of hydrogen-bond donors (Lipinski definition) is 0. The number of esters is 1. The lowest BCUT2D eigenvalue weighted by molar-refractivity contribution is -0.145. The molecule has 0 saturated carbocycles. The van der Waals surface area contributed by atoms with Crippen molar-refractivity contribution < 1.29 is 18.7 Å². The number of ketones is 1. The number of Topliss-reactive ketones (excluding diaryl/α,β-unsaturated/α-hetero) is 1. The first-order chi connectivity index (χ1) is 9.45. The zero-order valence-corrected chi connectivity index (χ0v) is 12.1. The molecular formula is C15H20FNO3. The fourth-order valence-corrected chi connectivity index (χ4v) is 1.90. The van der Waals surface area contributed by atoms with Gasteiger partial charge in [0.05, 0.1) is 13.2 Å². The Hall–Kier alpha value is -1.75. The first-order valence-corrected chi connectivity index (χ1v) is 6.57. The third-order valence-corrected chi connectivity index (χ3v) is 3.09. The van der Waals surface area contributed by atoms with E-state index in [1.165, 1.54) is 6.07 Å². The molecule has 1 rings (SSSR count). The Balaban J connectivity index is 2.58. The maximum atomic E-state index is 13.7. The van der Waals surface area contributed by atoms with Gasteiger partial charge in [0.15, 0.2) is 5.78 Å². The largest absolute Gasteiger partial charge is 0.466 e. The predicted molar refractivity (Wildman–Crippen MR) is 73.7 cm³/mol. The van der Waals surface area contributed by atoms with Crippen LogP contribution >= 0.6 is 0 Å². The molecule has 0 amide bonds. The van der Waals surface area contributed by atoms with E-state index in [-0.39, 0.29) is 37.2 Å². The summed E-state index contributed by atoms with van der Waals surface area (Å²) in [5.41, 5.74) is 0.527. The molecule has 0 spiro atoms. The van der Waals surface area contributed by atoms with Gasteiger partial charge in [0, 0.05) is 11.6 Å². The van der Waals surface area contributed by atoms with E-state index in [0.717, 1.165) is 0 Å². The lowest BCUT2D eigenvalue weighted by atomic mass is 10.1. The third kappa shape index (κ3) is 4.74. The number of rotatable bonds is 7. The molecule has 0 aliphatic carbocycles. The Kier molecular flexibility index (Phi) is 6.31. The minimum Gasteiger partial charge on any atom is -0.466 e. The molecule has 1 atom stereocenters. The molecule has 0 N–H and O–H groups in total. The Labute approximate surface area is 118 Å². The average Bonchev–Trinajstić information content (AvgIpc) is 2.38. The maximum Gasteiger partial charge on any atom is 0.313 e. The van der Waals surface area contributed by atoms with Crippen LogP contribution < -0.4 is 0 Å². The third-order valence-electron chi connectivity index (χ3n) is 3.09. The van der Waals surface area contributed by atoms with Gasteiger partial charge in [-0.3, -0.25) is 14.5 Å². The quantitative estimate of drug-likeness (QED) is 0.568. The highest BCUT2D eigenvalue weighted by Gasteiger charge is 2.19. The van der Waals surface area contributed by atoms with Crippen molar-refractivity contribution in [2.24, 2.45) is 0 Å². The van der Waals surface area contributed by atoms with Crippen LogP contribution in [0.25, 0.3) is 0 Å². The summed E-state index contributed by atoms with van der Waals surface area (Å²) in [6.07, 6.45) is -0.248. The minimum atomic E-state index is -0.524. The molecule has 0 aromatic heterocycles. The molecule has 110 valence electrons. The van der Waals surface area contributed by atoms with E-state index in [1.807, 2.05) is 6.92 Å². The average molecular weight is 281 g/mol. The summed E-state index contributed by atoms with van der Waals surface area (Å²) in [5, 5.41) is 0. The van der Waals surface area contributed by atoms with Crippen LogP contribution in [0, 0.1) is 5.82 Å². The highest BCUT2D eigenvalue weighted by molar-refractivity contribution is 5.96. The van der Waals surface area contributed by atoms with Gasteiger partial charge in [0.1, 0.15) is 12.2 Å². The van der Waals surface area contributed by atoms with Crippen LogP contribution in [-0.2, 0) is 14.3 Å². The molecule has 4 nitrogen and oxygen atoms in total. The zero-order valence-electron chi connectivity index (χ0n) is 12.1. The van der Waals surface area contributed by atoms with Crippen molar-refractivity contribution in [3.8, 4) is 0 Å². The Morgan fingerprint density at radius 1 is 1.35 bits per heavy atom. The van der Waals surface area contributed by atoms with Gasteiger partial charge in [-0.05, 0) is 27.0 Å². The Morgan fingerprint density at radius 2 is 2.00 bits per heavy atom. The predicted octanol–water partition coefficient (Wildman–Crippen LogP) is 2.34. The fraction of sp³-hybridized carbons (Fsp3) is 0.467. The summed E-state index contributed by atoms with van der Waals surface area (Å²) >= 11 is 0. The number of hydrogen-bond acceptors (Lipinski definition) is 4. The van der Waals surface area contributed by atoms with E-state index >= 15 is 0 Å². The summed E-state index contributed by atoms with van der Waals surface area (Å²) in [6, 6.07) is 6.20. The summed E-state index contributed by atoms with van der Waals surface area (Å²) in [7, 11) is 1.72. The number of ether oxygens (including phenoxy) is 1. The summed E-state index contributed by atoms with van der Waals surface area (Å²) < 4.78 is 18.4. The molecule has 5 heteroatoms. The van der Waals surface area contributed by atoms with Crippen molar-refractivity contribution in [1.29, 1.82) is 0 Å². The molecule has 0 fully saturated rings.